The van der Waals surface area contributed by atoms with Crippen LogP contribution < -0.4 is 24.5 Å². The molecule has 0 aliphatic carbocycles. The van der Waals surface area contributed by atoms with E-state index in [2.05, 4.69) is 624 Å². The van der Waals surface area contributed by atoms with E-state index >= 15 is 0 Å². The van der Waals surface area contributed by atoms with Crippen molar-refractivity contribution in [1.29, 1.82) is 0 Å². The van der Waals surface area contributed by atoms with Crippen molar-refractivity contribution in [3.05, 3.63) is 570 Å². The lowest BCUT2D eigenvalue weighted by molar-refractivity contribution is 1.21. The molecule has 22 rings (SSSR count). The van der Waals surface area contributed by atoms with E-state index in [4.69, 9.17) is 0 Å². The molecule has 0 N–H and O–H groups in total. The molecule has 0 saturated heterocycles. The Morgan fingerprint density at radius 3 is 0.645 bits per heavy atom. The van der Waals surface area contributed by atoms with E-state index in [9.17, 15) is 0 Å². The molecule has 0 aliphatic rings. The van der Waals surface area contributed by atoms with Crippen LogP contribution in [0.1, 0.15) is 0 Å². The molecule has 0 atom stereocenters. The molecule has 5 nitrogen and oxygen atoms in total. The smallest absolute Gasteiger partial charge is 0.0487 e. The summed E-state index contributed by atoms with van der Waals surface area (Å²) < 4.78 is 0. The highest BCUT2D eigenvalue weighted by molar-refractivity contribution is 5.98. The minimum Gasteiger partial charge on any atom is -0.344 e. The van der Waals surface area contributed by atoms with E-state index in [1.165, 1.54) is 178 Å². The van der Waals surface area contributed by atoms with Crippen LogP contribution in [0, 0.1) is 0 Å². The van der Waals surface area contributed by atoms with Gasteiger partial charge in [-0.05, 0) is 191 Å². The summed E-state index contributed by atoms with van der Waals surface area (Å²) in [4.78, 5) is 11.3. The van der Waals surface area contributed by atoms with E-state index in [1.54, 1.807) is 0 Å². The molecule has 138 heavy (non-hydrogen) atoms. The normalized spacial score (nSPS) is 10.6. The summed E-state index contributed by atoms with van der Waals surface area (Å²) in [5.74, 6) is 0. The second kappa shape index (κ2) is 44.7. The first-order chi connectivity index (χ1) is 68.1. The van der Waals surface area contributed by atoms with Gasteiger partial charge < -0.3 is 24.5 Å². The van der Waals surface area contributed by atoms with Crippen LogP contribution in [0.5, 0.6) is 0 Å². The summed E-state index contributed by atoms with van der Waals surface area (Å²) in [7, 11) is 10.7. The molecule has 22 aromatic carbocycles. The number of anilines is 10. The largest absolute Gasteiger partial charge is 0.344 e. The quantitative estimate of drug-likeness (QED) is 0.0754. The van der Waals surface area contributed by atoms with Gasteiger partial charge in [0.15, 0.2) is 0 Å². The number of hydrogen-bond acceptors (Lipinski definition) is 5. The molecular formula is C133H109N5. The third-order valence-electron chi connectivity index (χ3n) is 25.5. The summed E-state index contributed by atoms with van der Waals surface area (Å²) in [5, 5.41) is 5.06. The van der Waals surface area contributed by atoms with E-state index < -0.39 is 0 Å². The van der Waals surface area contributed by atoms with Gasteiger partial charge in [0.2, 0.25) is 0 Å². The molecule has 0 aromatic heterocycles. The molecule has 0 radical (unpaired) electrons. The standard InChI is InChI=1S/2C31H25N.C25H21N.2C23H19N/c1-32(31-20-12-11-19-30(31)26-17-9-4-10-18-26)29-22-27(24-13-5-2-6-14-24)21-28(23-29)25-15-7-3-8-16-25;1-32(31-15-9-8-14-30(31)28-12-6-3-7-13-28)29-22-20-27(21-23-29)26-18-16-25(17-19-26)24-10-4-2-5-11-24;1-26(23-18-16-21(17-19-23)20-10-4-2-5-11-20)25-15-9-8-14-24(25)22-12-6-3-7-13-22;1-24(23-17-9-13-19-12-5-6-14-21(19)23)22-16-8-7-15-20(22)18-10-3-2-4-11-18;1-24(21-16-15-18-9-5-6-12-20(18)17-21)23-14-8-7-13-22(23)19-10-3-2-4-11-19/h2*2-23H,1H3;2-19H,1H3;2*2-17H,1H3. The number of fused-ring (bicyclic) bond motifs is 2. The number of para-hydroxylation sites is 5. The molecule has 0 unspecified atom stereocenters. The maximum Gasteiger partial charge on any atom is 0.0487 e. The van der Waals surface area contributed by atoms with Crippen molar-refractivity contribution in [2.24, 2.45) is 0 Å². The van der Waals surface area contributed by atoms with Crippen molar-refractivity contribution in [1.82, 2.24) is 0 Å². The van der Waals surface area contributed by atoms with E-state index in [0.717, 1.165) is 11.4 Å². The van der Waals surface area contributed by atoms with Gasteiger partial charge in [0, 0.05) is 125 Å². The second-order valence-corrected chi connectivity index (χ2v) is 34.1. The Morgan fingerprint density at radius 1 is 0.109 bits per heavy atom. The molecular weight excluding hydrogens is 1670 g/mol. The molecule has 0 aliphatic heterocycles. The average Bonchev–Trinajstić information content (AvgIpc) is 0.790. The Hall–Kier alpha value is -17.6. The topological polar surface area (TPSA) is 16.2 Å². The molecule has 0 amide bonds. The molecule has 0 fully saturated rings. The third kappa shape index (κ3) is 22.0. The van der Waals surface area contributed by atoms with Crippen LogP contribution in [0.25, 0.3) is 133 Å². The summed E-state index contributed by atoms with van der Waals surface area (Å²) in [6.07, 6.45) is 0. The summed E-state index contributed by atoms with van der Waals surface area (Å²) in [6, 6.07) is 201. The Bertz CT molecular complexity index is 7570. The van der Waals surface area contributed by atoms with Gasteiger partial charge in [-0.3, -0.25) is 0 Å². The fourth-order valence-electron chi connectivity index (χ4n) is 18.0. The predicted molar refractivity (Wildman–Crippen MR) is 594 cm³/mol. The Labute approximate surface area is 814 Å². The summed E-state index contributed by atoms with van der Waals surface area (Å²) in [6.45, 7) is 0. The molecule has 0 heterocycles. The predicted octanol–water partition coefficient (Wildman–Crippen LogP) is 36.2. The number of nitrogens with zero attached hydrogens (tertiary/aromatic N) is 5. The molecule has 0 bridgehead atoms. The van der Waals surface area contributed by atoms with Crippen molar-refractivity contribution in [3.8, 4) is 111 Å². The maximum atomic E-state index is 2.29. The first-order valence-electron chi connectivity index (χ1n) is 47.1. The van der Waals surface area contributed by atoms with Gasteiger partial charge in [-0.1, -0.05) is 479 Å². The first-order valence-corrected chi connectivity index (χ1v) is 47.1. The lowest BCUT2D eigenvalue weighted by Crippen LogP contribution is -2.11. The number of hydrogen-bond donors (Lipinski definition) is 0. The highest BCUT2D eigenvalue weighted by Gasteiger charge is 2.20. The number of benzene rings is 22. The molecule has 5 heteroatoms. The minimum absolute atomic E-state index is 1.16. The van der Waals surface area contributed by atoms with Gasteiger partial charge in [0.05, 0.1) is 0 Å². The van der Waals surface area contributed by atoms with Crippen LogP contribution in [0.4, 0.5) is 56.9 Å². The zero-order valence-electron chi connectivity index (χ0n) is 78.5. The fraction of sp³-hybridized carbons (Fsp3) is 0.0376. The maximum absolute atomic E-state index is 2.29. The van der Waals surface area contributed by atoms with Crippen LogP contribution in [0.2, 0.25) is 0 Å². The third-order valence-corrected chi connectivity index (χ3v) is 25.5. The van der Waals surface area contributed by atoms with Gasteiger partial charge in [-0.2, -0.15) is 0 Å². The zero-order valence-corrected chi connectivity index (χ0v) is 78.5. The highest BCUT2D eigenvalue weighted by atomic mass is 15.1. The van der Waals surface area contributed by atoms with Gasteiger partial charge in [0.25, 0.3) is 0 Å². The second-order valence-electron chi connectivity index (χ2n) is 34.1. The number of rotatable bonds is 20. The molecule has 22 aromatic rings. The lowest BCUT2D eigenvalue weighted by atomic mass is 9.97. The minimum atomic E-state index is 1.16. The molecule has 666 valence electrons. The van der Waals surface area contributed by atoms with Crippen molar-refractivity contribution in [2.45, 2.75) is 0 Å². The van der Waals surface area contributed by atoms with Gasteiger partial charge in [-0.15, -0.1) is 0 Å². The van der Waals surface area contributed by atoms with Gasteiger partial charge in [-0.25, -0.2) is 0 Å². The van der Waals surface area contributed by atoms with Crippen molar-refractivity contribution >= 4 is 78.4 Å². The Morgan fingerprint density at radius 2 is 0.319 bits per heavy atom. The summed E-state index contributed by atoms with van der Waals surface area (Å²) in [5.41, 5.74) is 36.5. The van der Waals surface area contributed by atoms with E-state index in [0.29, 0.717) is 0 Å². The Balaban J connectivity index is 0.000000115. The van der Waals surface area contributed by atoms with E-state index in [1.807, 2.05) is 6.07 Å². The van der Waals surface area contributed by atoms with Gasteiger partial charge >= 0.3 is 0 Å². The van der Waals surface area contributed by atoms with Crippen molar-refractivity contribution < 1.29 is 0 Å². The van der Waals surface area contributed by atoms with Crippen LogP contribution in [-0.4, -0.2) is 35.2 Å². The Kier molecular flexibility index (Phi) is 29.5. The van der Waals surface area contributed by atoms with Crippen molar-refractivity contribution in [3.63, 3.8) is 0 Å². The highest BCUT2D eigenvalue weighted by Crippen LogP contribution is 2.44. The van der Waals surface area contributed by atoms with Crippen LogP contribution in [-0.2, 0) is 0 Å². The van der Waals surface area contributed by atoms with Crippen molar-refractivity contribution in [2.75, 3.05) is 59.7 Å². The van der Waals surface area contributed by atoms with Gasteiger partial charge in [0.1, 0.15) is 0 Å². The monoisotopic (exact) mass is 1780 g/mol. The van der Waals surface area contributed by atoms with Crippen LogP contribution >= 0.6 is 0 Å². The van der Waals surface area contributed by atoms with Crippen LogP contribution in [0.15, 0.2) is 570 Å². The van der Waals surface area contributed by atoms with Crippen LogP contribution in [0.3, 0.4) is 0 Å². The fourth-order valence-corrected chi connectivity index (χ4v) is 18.0. The lowest BCUT2D eigenvalue weighted by Gasteiger charge is -2.24. The first kappa shape index (κ1) is 90.9. The van der Waals surface area contributed by atoms with E-state index in [-0.39, 0.29) is 0 Å². The average molecular weight is 1780 g/mol. The summed E-state index contributed by atoms with van der Waals surface area (Å²) >= 11 is 0. The zero-order chi connectivity index (χ0) is 94.0. The SMILES string of the molecule is CN(c1cc(-c2ccccc2)cc(-c2ccccc2)c1)c1ccccc1-c1ccccc1.CN(c1ccc(-c2ccc(-c3ccccc3)cc2)cc1)c1ccccc1-c1ccccc1.CN(c1ccc(-c2ccccc2)cc1)c1ccccc1-c1ccccc1.CN(c1ccc2ccccc2c1)c1ccccc1-c1ccccc1.CN(c1ccccc1-c1ccccc1)c1cccc2ccccc12. The molecule has 0 spiro atoms. The molecule has 0 saturated carbocycles.